The summed E-state index contributed by atoms with van der Waals surface area (Å²) in [6.45, 7) is 4.95. The van der Waals surface area contributed by atoms with Crippen molar-refractivity contribution in [2.75, 3.05) is 18.9 Å². The molecular formula is C12H20N4O. The quantitative estimate of drug-likeness (QED) is 0.788. The van der Waals surface area contributed by atoms with Gasteiger partial charge in [-0.2, -0.15) is 0 Å². The zero-order valence-electron chi connectivity index (χ0n) is 10.7. The Morgan fingerprint density at radius 1 is 1.35 bits per heavy atom. The van der Waals surface area contributed by atoms with Gasteiger partial charge in [-0.15, -0.1) is 0 Å². The zero-order valence-corrected chi connectivity index (χ0v) is 10.7. The first-order valence-corrected chi connectivity index (χ1v) is 5.99. The van der Waals surface area contributed by atoms with Gasteiger partial charge < -0.3 is 10.6 Å². The van der Waals surface area contributed by atoms with E-state index < -0.39 is 0 Å². The maximum atomic E-state index is 11.8. The molecule has 1 aromatic rings. The maximum absolute atomic E-state index is 11.8. The molecule has 0 fully saturated rings. The number of hydrogen-bond acceptors (Lipinski definition) is 4. The molecule has 5 nitrogen and oxygen atoms in total. The Hall–Kier alpha value is -1.65. The third-order valence-corrected chi connectivity index (χ3v) is 2.83. The Labute approximate surface area is 102 Å². The third kappa shape index (κ3) is 4.01. The van der Waals surface area contributed by atoms with Crippen LogP contribution >= 0.6 is 0 Å². The second-order valence-electron chi connectivity index (χ2n) is 3.93. The average Bonchev–Trinajstić information content (AvgIpc) is 2.39. The van der Waals surface area contributed by atoms with Gasteiger partial charge >= 0.3 is 0 Å². The molecule has 1 aromatic heterocycles. The van der Waals surface area contributed by atoms with Gasteiger partial charge in [0.2, 0.25) is 0 Å². The van der Waals surface area contributed by atoms with Crippen LogP contribution in [0.3, 0.4) is 0 Å². The van der Waals surface area contributed by atoms with Gasteiger partial charge in [-0.05, 0) is 5.92 Å². The standard InChI is InChI=1S/C12H20N4O/c1-4-9(5-2)6-15-12(17)10-7-14-8-11(13-3)16-10/h7-9H,4-6H2,1-3H3,(H,13,16)(H,15,17). The minimum atomic E-state index is -0.165. The van der Waals surface area contributed by atoms with Crippen LogP contribution < -0.4 is 10.6 Å². The Kier molecular flexibility index (Phi) is 5.39. The molecule has 0 bridgehead atoms. The predicted octanol–water partition coefficient (Wildman–Crippen LogP) is 1.68. The summed E-state index contributed by atoms with van der Waals surface area (Å²) in [5.74, 6) is 0.959. The summed E-state index contributed by atoms with van der Waals surface area (Å²) in [6.07, 6.45) is 5.19. The van der Waals surface area contributed by atoms with E-state index in [1.807, 2.05) is 0 Å². The second-order valence-corrected chi connectivity index (χ2v) is 3.93. The van der Waals surface area contributed by atoms with Crippen molar-refractivity contribution < 1.29 is 4.79 Å². The summed E-state index contributed by atoms with van der Waals surface area (Å²) in [5.41, 5.74) is 0.350. The number of nitrogens with one attached hydrogen (secondary N) is 2. The highest BCUT2D eigenvalue weighted by Crippen LogP contribution is 2.06. The lowest BCUT2D eigenvalue weighted by Crippen LogP contribution is -2.29. The monoisotopic (exact) mass is 236 g/mol. The second kappa shape index (κ2) is 6.83. The molecule has 0 radical (unpaired) electrons. The third-order valence-electron chi connectivity index (χ3n) is 2.83. The van der Waals surface area contributed by atoms with Crippen molar-refractivity contribution in [2.45, 2.75) is 26.7 Å². The molecule has 0 saturated heterocycles. The minimum Gasteiger partial charge on any atom is -0.372 e. The number of hydrogen-bond donors (Lipinski definition) is 2. The molecule has 0 atom stereocenters. The highest BCUT2D eigenvalue weighted by molar-refractivity contribution is 5.92. The van der Waals surface area contributed by atoms with Crippen LogP contribution in [0.4, 0.5) is 5.82 Å². The van der Waals surface area contributed by atoms with Gasteiger partial charge in [0.05, 0.1) is 12.4 Å². The van der Waals surface area contributed by atoms with E-state index >= 15 is 0 Å². The lowest BCUT2D eigenvalue weighted by Gasteiger charge is -2.12. The topological polar surface area (TPSA) is 66.9 Å². The number of aromatic nitrogens is 2. The first kappa shape index (κ1) is 13.4. The number of carbonyl (C=O) groups is 1. The minimum absolute atomic E-state index is 0.165. The van der Waals surface area contributed by atoms with Crippen LogP contribution in [0.2, 0.25) is 0 Å². The largest absolute Gasteiger partial charge is 0.372 e. The highest BCUT2D eigenvalue weighted by Gasteiger charge is 2.10. The van der Waals surface area contributed by atoms with E-state index in [0.29, 0.717) is 24.0 Å². The zero-order chi connectivity index (χ0) is 12.7. The molecule has 0 aliphatic rings. The van der Waals surface area contributed by atoms with Crippen LogP contribution in [0.15, 0.2) is 12.4 Å². The van der Waals surface area contributed by atoms with Crippen LogP contribution in [0.1, 0.15) is 37.2 Å². The van der Waals surface area contributed by atoms with Crippen LogP contribution in [0.5, 0.6) is 0 Å². The molecule has 0 unspecified atom stereocenters. The van der Waals surface area contributed by atoms with Crippen molar-refractivity contribution >= 4 is 11.7 Å². The molecule has 17 heavy (non-hydrogen) atoms. The van der Waals surface area contributed by atoms with Crippen molar-refractivity contribution in [3.8, 4) is 0 Å². The number of nitrogens with zero attached hydrogens (tertiary/aromatic N) is 2. The van der Waals surface area contributed by atoms with Gasteiger partial charge in [-0.25, -0.2) is 4.98 Å². The van der Waals surface area contributed by atoms with Crippen molar-refractivity contribution in [3.63, 3.8) is 0 Å². The fraction of sp³-hybridized carbons (Fsp3) is 0.583. The van der Waals surface area contributed by atoms with Crippen LogP contribution in [0.25, 0.3) is 0 Å². The van der Waals surface area contributed by atoms with Crippen molar-refractivity contribution in [1.29, 1.82) is 0 Å². The summed E-state index contributed by atoms with van der Waals surface area (Å²) in [7, 11) is 1.75. The van der Waals surface area contributed by atoms with Crippen molar-refractivity contribution in [1.82, 2.24) is 15.3 Å². The molecular weight excluding hydrogens is 216 g/mol. The van der Waals surface area contributed by atoms with Crippen LogP contribution in [-0.4, -0.2) is 29.5 Å². The number of amides is 1. The van der Waals surface area contributed by atoms with E-state index in [-0.39, 0.29) is 5.91 Å². The molecule has 0 aliphatic carbocycles. The molecule has 2 N–H and O–H groups in total. The molecule has 94 valence electrons. The summed E-state index contributed by atoms with van der Waals surface area (Å²) >= 11 is 0. The SMILES string of the molecule is CCC(CC)CNC(=O)c1cncc(NC)n1. The van der Waals surface area contributed by atoms with Gasteiger partial charge in [0.15, 0.2) is 0 Å². The Morgan fingerprint density at radius 2 is 2.06 bits per heavy atom. The number of rotatable bonds is 6. The Balaban J connectivity index is 2.57. The first-order chi connectivity index (χ1) is 8.21. The summed E-state index contributed by atoms with van der Waals surface area (Å²) < 4.78 is 0. The molecule has 1 heterocycles. The van der Waals surface area contributed by atoms with E-state index in [2.05, 4.69) is 34.4 Å². The van der Waals surface area contributed by atoms with Gasteiger partial charge in [-0.3, -0.25) is 9.78 Å². The molecule has 0 aliphatic heterocycles. The Morgan fingerprint density at radius 3 is 2.65 bits per heavy atom. The number of carbonyl (C=O) groups excluding carboxylic acids is 1. The van der Waals surface area contributed by atoms with Gasteiger partial charge in [0.25, 0.3) is 5.91 Å². The molecule has 0 saturated carbocycles. The molecule has 1 rings (SSSR count). The van der Waals surface area contributed by atoms with Crippen LogP contribution in [0, 0.1) is 5.92 Å². The summed E-state index contributed by atoms with van der Waals surface area (Å²) in [5, 5.41) is 5.74. The summed E-state index contributed by atoms with van der Waals surface area (Å²) in [6, 6.07) is 0. The van der Waals surface area contributed by atoms with Crippen molar-refractivity contribution in [2.24, 2.45) is 5.92 Å². The fourth-order valence-electron chi connectivity index (χ4n) is 1.50. The lowest BCUT2D eigenvalue weighted by atomic mass is 10.0. The van der Waals surface area contributed by atoms with E-state index in [9.17, 15) is 4.79 Å². The van der Waals surface area contributed by atoms with Crippen LogP contribution in [-0.2, 0) is 0 Å². The van der Waals surface area contributed by atoms with E-state index in [1.54, 1.807) is 13.2 Å². The normalized spacial score (nSPS) is 10.4. The van der Waals surface area contributed by atoms with Gasteiger partial charge in [-0.1, -0.05) is 26.7 Å². The van der Waals surface area contributed by atoms with Crippen molar-refractivity contribution in [3.05, 3.63) is 18.1 Å². The number of anilines is 1. The smallest absolute Gasteiger partial charge is 0.271 e. The van der Waals surface area contributed by atoms with E-state index in [1.165, 1.54) is 6.20 Å². The van der Waals surface area contributed by atoms with E-state index in [0.717, 1.165) is 12.8 Å². The molecule has 1 amide bonds. The Bertz CT molecular complexity index is 363. The maximum Gasteiger partial charge on any atom is 0.271 e. The first-order valence-electron chi connectivity index (χ1n) is 5.99. The lowest BCUT2D eigenvalue weighted by molar-refractivity contribution is 0.0941. The van der Waals surface area contributed by atoms with Gasteiger partial charge in [0.1, 0.15) is 11.5 Å². The molecule has 5 heteroatoms. The fourth-order valence-corrected chi connectivity index (χ4v) is 1.50. The van der Waals surface area contributed by atoms with Gasteiger partial charge in [0, 0.05) is 13.6 Å². The summed E-state index contributed by atoms with van der Waals surface area (Å²) in [4.78, 5) is 19.9. The molecule has 0 aromatic carbocycles. The average molecular weight is 236 g/mol. The molecule has 0 spiro atoms. The predicted molar refractivity (Wildman–Crippen MR) is 68.0 cm³/mol. The van der Waals surface area contributed by atoms with E-state index in [4.69, 9.17) is 0 Å². The highest BCUT2D eigenvalue weighted by atomic mass is 16.1.